The molecule has 0 aliphatic carbocycles. The van der Waals surface area contributed by atoms with Gasteiger partial charge in [-0.15, -0.1) is 0 Å². The number of carbonyl (C=O) groups excluding carboxylic acids is 1. The van der Waals surface area contributed by atoms with E-state index in [0.29, 0.717) is 46.4 Å². The molecule has 0 aliphatic rings. The van der Waals surface area contributed by atoms with Gasteiger partial charge in [-0.25, -0.2) is 9.78 Å². The summed E-state index contributed by atoms with van der Waals surface area (Å²) < 4.78 is 0. The lowest BCUT2D eigenvalue weighted by Crippen LogP contribution is -2.30. The topological polar surface area (TPSA) is 122 Å². The Balaban J connectivity index is 0.000000208. The quantitative estimate of drug-likeness (QED) is 0.0974. The van der Waals surface area contributed by atoms with E-state index in [2.05, 4.69) is 25.9 Å². The van der Waals surface area contributed by atoms with Crippen molar-refractivity contribution < 1.29 is 15.0 Å². The number of rotatable bonds is 7. The second-order valence-electron chi connectivity index (χ2n) is 9.56. The number of H-pyrrole nitrogens is 1. The fourth-order valence-electron chi connectivity index (χ4n) is 4.02. The highest BCUT2D eigenvalue weighted by molar-refractivity contribution is 6.38. The molecule has 12 heteroatoms. The highest BCUT2D eigenvalue weighted by Gasteiger charge is 2.15. The molecule has 8 nitrogen and oxygen atoms in total. The molecule has 43 heavy (non-hydrogen) atoms. The molecule has 0 radical (unpaired) electrons. The Hall–Kier alpha value is -3.82. The molecule has 0 atom stereocenters. The van der Waals surface area contributed by atoms with Crippen molar-refractivity contribution in [1.82, 2.24) is 15.3 Å². The van der Waals surface area contributed by atoms with Crippen molar-refractivity contribution in [3.05, 3.63) is 109 Å². The number of aromatic nitrogens is 2. The number of imidazole rings is 1. The fraction of sp³-hybridized carbons (Fsp3) is 0.161. The van der Waals surface area contributed by atoms with Crippen molar-refractivity contribution in [1.29, 1.82) is 0 Å². The first-order valence-electron chi connectivity index (χ1n) is 13.2. The Morgan fingerprint density at radius 2 is 1.42 bits per heavy atom. The van der Waals surface area contributed by atoms with E-state index >= 15 is 0 Å². The van der Waals surface area contributed by atoms with Crippen LogP contribution in [-0.4, -0.2) is 32.8 Å². The average Bonchev–Trinajstić information content (AvgIpc) is 3.42. The Morgan fingerprint density at radius 3 is 2.07 bits per heavy atom. The van der Waals surface area contributed by atoms with E-state index in [1.165, 1.54) is 6.07 Å². The number of nitrogens with zero attached hydrogens (tertiary/aromatic N) is 1. The van der Waals surface area contributed by atoms with Crippen LogP contribution < -0.4 is 16.0 Å². The van der Waals surface area contributed by atoms with Gasteiger partial charge in [0.25, 0.3) is 0 Å². The molecule has 5 aromatic rings. The number of phenols is 2. The molecule has 0 bridgehead atoms. The van der Waals surface area contributed by atoms with Gasteiger partial charge >= 0.3 is 6.03 Å². The van der Waals surface area contributed by atoms with Gasteiger partial charge in [0.1, 0.15) is 5.82 Å². The molecule has 224 valence electrons. The number of anilines is 2. The maximum Gasteiger partial charge on any atom is 0.319 e. The highest BCUT2D eigenvalue weighted by Crippen LogP contribution is 2.39. The number of nitrogens with one attached hydrogen (secondary N) is 4. The van der Waals surface area contributed by atoms with Crippen LogP contribution in [0.1, 0.15) is 22.5 Å². The van der Waals surface area contributed by atoms with Gasteiger partial charge in [0.2, 0.25) is 0 Å². The Bertz CT molecular complexity index is 1710. The number of amides is 2. The van der Waals surface area contributed by atoms with Crippen molar-refractivity contribution in [2.24, 2.45) is 0 Å². The van der Waals surface area contributed by atoms with Crippen LogP contribution in [0.25, 0.3) is 11.0 Å². The van der Waals surface area contributed by atoms with Crippen LogP contribution in [0.5, 0.6) is 11.5 Å². The number of urea groups is 1. The van der Waals surface area contributed by atoms with Crippen molar-refractivity contribution in [3.8, 4) is 11.5 Å². The molecule has 0 fully saturated rings. The minimum Gasteiger partial charge on any atom is -0.504 e. The van der Waals surface area contributed by atoms with Gasteiger partial charge in [0.05, 0.1) is 32.5 Å². The van der Waals surface area contributed by atoms with Crippen LogP contribution >= 0.6 is 46.4 Å². The van der Waals surface area contributed by atoms with Crippen molar-refractivity contribution >= 4 is 74.8 Å². The molecule has 1 heterocycles. The minimum absolute atomic E-state index is 0.0366. The summed E-state index contributed by atoms with van der Waals surface area (Å²) >= 11 is 24.0. The monoisotopic (exact) mass is 659 g/mol. The van der Waals surface area contributed by atoms with Crippen LogP contribution in [0.2, 0.25) is 20.1 Å². The summed E-state index contributed by atoms with van der Waals surface area (Å²) in [5.41, 5.74) is 4.88. The standard InChI is InChI=1S/C17H16Cl2N4O2.C14H13Cl2NO/c1-9-10(18)8-13(16(24)15(9)19)23-17(25)20-7-6-14-21-11-4-2-3-5-12(11)22-14;1-9-11(15)7-12(14(18)13(9)16)17-8-10-5-3-2-4-6-10/h2-5,8,24H,6-7H2,1H3,(H,21,22)(H2,20,23,25);2-7,17-18H,8H2,1H3. The van der Waals surface area contributed by atoms with Gasteiger partial charge in [0.15, 0.2) is 11.5 Å². The van der Waals surface area contributed by atoms with Crippen molar-refractivity contribution in [2.75, 3.05) is 17.2 Å². The predicted octanol–water partition coefficient (Wildman–Crippen LogP) is 8.87. The fourth-order valence-corrected chi connectivity index (χ4v) is 4.93. The van der Waals surface area contributed by atoms with E-state index in [1.54, 1.807) is 19.9 Å². The Morgan fingerprint density at radius 1 is 0.837 bits per heavy atom. The highest BCUT2D eigenvalue weighted by atomic mass is 35.5. The number of phenolic OH excluding ortho intramolecular Hbond substituents is 2. The molecule has 6 N–H and O–H groups in total. The summed E-state index contributed by atoms with van der Waals surface area (Å²) in [6, 6.07) is 20.3. The van der Waals surface area contributed by atoms with E-state index in [9.17, 15) is 15.0 Å². The molecule has 0 aliphatic heterocycles. The zero-order valence-electron chi connectivity index (χ0n) is 23.2. The molecule has 1 aromatic heterocycles. The lowest BCUT2D eigenvalue weighted by molar-refractivity contribution is 0.252. The van der Waals surface area contributed by atoms with Gasteiger partial charge < -0.3 is 31.1 Å². The van der Waals surface area contributed by atoms with Crippen LogP contribution in [0.15, 0.2) is 66.7 Å². The number of para-hydroxylation sites is 2. The molecule has 0 unspecified atom stereocenters. The van der Waals surface area contributed by atoms with Gasteiger partial charge in [-0.1, -0.05) is 88.9 Å². The number of aromatic amines is 1. The van der Waals surface area contributed by atoms with Gasteiger partial charge in [0, 0.05) is 29.6 Å². The average molecular weight is 661 g/mol. The third-order valence-corrected chi connectivity index (χ3v) is 8.21. The maximum atomic E-state index is 12.0. The van der Waals surface area contributed by atoms with Crippen molar-refractivity contribution in [3.63, 3.8) is 0 Å². The van der Waals surface area contributed by atoms with Gasteiger partial charge in [-0.05, 0) is 54.8 Å². The number of benzene rings is 4. The zero-order valence-corrected chi connectivity index (χ0v) is 26.3. The molecule has 0 saturated carbocycles. The number of halogens is 4. The first-order valence-corrected chi connectivity index (χ1v) is 14.7. The summed E-state index contributed by atoms with van der Waals surface area (Å²) in [5.74, 6) is 0.608. The number of hydrogen-bond donors (Lipinski definition) is 6. The largest absolute Gasteiger partial charge is 0.504 e. The number of fused-ring (bicyclic) bond motifs is 1. The third-order valence-electron chi connectivity index (χ3n) is 6.50. The predicted molar refractivity (Wildman–Crippen MR) is 176 cm³/mol. The SMILES string of the molecule is Cc1c(Cl)cc(NC(=O)NCCc2nc3ccccc3[nH]2)c(O)c1Cl.Cc1c(Cl)cc(NCc2ccccc2)c(O)c1Cl. The second kappa shape index (κ2) is 14.6. The normalized spacial score (nSPS) is 10.7. The summed E-state index contributed by atoms with van der Waals surface area (Å²) in [6.07, 6.45) is 0.545. The number of aromatic hydroxyl groups is 2. The molecule has 5 rings (SSSR count). The second-order valence-corrected chi connectivity index (χ2v) is 11.1. The Labute approximate surface area is 269 Å². The smallest absolute Gasteiger partial charge is 0.319 e. The molecule has 2 amide bonds. The Kier molecular flexibility index (Phi) is 10.9. The summed E-state index contributed by atoms with van der Waals surface area (Å²) in [4.78, 5) is 19.6. The zero-order chi connectivity index (χ0) is 31.1. The third kappa shape index (κ3) is 8.18. The molecule has 4 aromatic carbocycles. The summed E-state index contributed by atoms with van der Waals surface area (Å²) in [6.45, 7) is 4.43. The lowest BCUT2D eigenvalue weighted by Gasteiger charge is -2.12. The lowest BCUT2D eigenvalue weighted by atomic mass is 10.2. The first kappa shape index (κ1) is 32.1. The number of carbonyl (C=O) groups is 1. The van der Waals surface area contributed by atoms with Crippen LogP contribution in [0.4, 0.5) is 16.2 Å². The van der Waals surface area contributed by atoms with Crippen LogP contribution in [-0.2, 0) is 13.0 Å². The molecule has 0 spiro atoms. The maximum absolute atomic E-state index is 12.0. The van der Waals surface area contributed by atoms with Gasteiger partial charge in [-0.2, -0.15) is 0 Å². The van der Waals surface area contributed by atoms with Crippen LogP contribution in [0.3, 0.4) is 0 Å². The van der Waals surface area contributed by atoms with Gasteiger partial charge in [-0.3, -0.25) is 0 Å². The van der Waals surface area contributed by atoms with E-state index in [0.717, 1.165) is 22.4 Å². The van der Waals surface area contributed by atoms with E-state index < -0.39 is 6.03 Å². The molecular weight excluding hydrogens is 632 g/mol. The van der Waals surface area contributed by atoms with E-state index in [4.69, 9.17) is 46.4 Å². The first-order chi connectivity index (χ1) is 20.5. The van der Waals surface area contributed by atoms with E-state index in [-0.39, 0.29) is 27.2 Å². The number of hydrogen-bond acceptors (Lipinski definition) is 5. The van der Waals surface area contributed by atoms with E-state index in [1.807, 2.05) is 54.6 Å². The van der Waals surface area contributed by atoms with Crippen molar-refractivity contribution in [2.45, 2.75) is 26.8 Å². The molecular formula is C31H29Cl4N5O3. The van der Waals surface area contributed by atoms with Crippen LogP contribution in [0, 0.1) is 13.8 Å². The summed E-state index contributed by atoms with van der Waals surface area (Å²) in [7, 11) is 0. The summed E-state index contributed by atoms with van der Waals surface area (Å²) in [5, 5.41) is 29.6. The molecule has 0 saturated heterocycles. The minimum atomic E-state index is -0.470.